The molecule has 1 heterocycles. The van der Waals surface area contributed by atoms with Crippen LogP contribution in [0.15, 0.2) is 30.3 Å². The quantitative estimate of drug-likeness (QED) is 0.908. The molecule has 0 aromatic heterocycles. The van der Waals surface area contributed by atoms with Gasteiger partial charge >= 0.3 is 0 Å². The molecule has 0 bridgehead atoms. The van der Waals surface area contributed by atoms with Crippen molar-refractivity contribution in [2.24, 2.45) is 11.1 Å². The Hall–Kier alpha value is -1.06. The molecule has 2 atom stereocenters. The minimum atomic E-state index is 0. The van der Waals surface area contributed by atoms with E-state index in [1.54, 1.807) is 0 Å². The van der Waals surface area contributed by atoms with Crippen molar-refractivity contribution in [3.63, 3.8) is 0 Å². The van der Waals surface area contributed by atoms with Gasteiger partial charge in [0.1, 0.15) is 0 Å². The van der Waals surface area contributed by atoms with E-state index in [0.29, 0.717) is 18.9 Å². The highest BCUT2D eigenvalue weighted by Gasteiger charge is 2.35. The molecule has 2 unspecified atom stereocenters. The molecule has 21 heavy (non-hydrogen) atoms. The summed E-state index contributed by atoms with van der Waals surface area (Å²) >= 11 is 0. The van der Waals surface area contributed by atoms with Crippen LogP contribution in [-0.4, -0.2) is 30.4 Å². The predicted octanol–water partition coefficient (Wildman–Crippen LogP) is 3.19. The Kier molecular flexibility index (Phi) is 6.69. The molecule has 3 nitrogen and oxygen atoms in total. The van der Waals surface area contributed by atoms with Crippen LogP contribution in [0, 0.1) is 5.41 Å². The third kappa shape index (κ3) is 4.45. The summed E-state index contributed by atoms with van der Waals surface area (Å²) in [6, 6.07) is 10.4. The van der Waals surface area contributed by atoms with Gasteiger partial charge in [-0.05, 0) is 36.3 Å². The van der Waals surface area contributed by atoms with Crippen LogP contribution in [0.2, 0.25) is 0 Å². The number of nitrogens with zero attached hydrogens (tertiary/aromatic N) is 1. The van der Waals surface area contributed by atoms with Crippen LogP contribution in [0.3, 0.4) is 0 Å². The van der Waals surface area contributed by atoms with Gasteiger partial charge in [-0.15, -0.1) is 12.4 Å². The van der Waals surface area contributed by atoms with E-state index in [1.165, 1.54) is 5.56 Å². The fraction of sp³-hybridized carbons (Fsp3) is 0.588. The molecule has 0 spiro atoms. The number of hydrogen-bond acceptors (Lipinski definition) is 2. The van der Waals surface area contributed by atoms with E-state index in [1.807, 2.05) is 23.1 Å². The number of likely N-dealkylation sites (tertiary alicyclic amines) is 1. The summed E-state index contributed by atoms with van der Waals surface area (Å²) in [6.45, 7) is 6.66. The molecule has 4 heteroatoms. The van der Waals surface area contributed by atoms with Crippen LogP contribution in [0.4, 0.5) is 0 Å². The fourth-order valence-corrected chi connectivity index (χ4v) is 2.97. The zero-order valence-corrected chi connectivity index (χ0v) is 13.9. The standard InChI is InChI=1S/C17H26N2O.ClH/c1-3-14(15-7-5-4-6-8-15)11-16(20)19-10-9-17(2,12-18)13-19;/h4-8,14H,3,9-13,18H2,1-2H3;1H. The average Bonchev–Trinajstić information content (AvgIpc) is 2.89. The van der Waals surface area contributed by atoms with Crippen LogP contribution in [-0.2, 0) is 4.79 Å². The number of halogens is 1. The molecule has 0 radical (unpaired) electrons. The van der Waals surface area contributed by atoms with Crippen molar-refractivity contribution >= 4 is 18.3 Å². The maximum atomic E-state index is 12.5. The first-order valence-corrected chi connectivity index (χ1v) is 7.61. The number of nitrogens with two attached hydrogens (primary N) is 1. The van der Waals surface area contributed by atoms with Gasteiger partial charge in [0.05, 0.1) is 0 Å². The molecule has 0 saturated carbocycles. The van der Waals surface area contributed by atoms with E-state index in [-0.39, 0.29) is 23.7 Å². The minimum Gasteiger partial charge on any atom is -0.342 e. The van der Waals surface area contributed by atoms with Crippen LogP contribution in [0.1, 0.15) is 44.6 Å². The van der Waals surface area contributed by atoms with E-state index in [2.05, 4.69) is 26.0 Å². The fourth-order valence-electron chi connectivity index (χ4n) is 2.97. The first-order valence-electron chi connectivity index (χ1n) is 7.61. The molecule has 1 aromatic rings. The molecule has 1 saturated heterocycles. The Morgan fingerprint density at radius 2 is 2.05 bits per heavy atom. The highest BCUT2D eigenvalue weighted by Crippen LogP contribution is 2.31. The molecule has 1 aliphatic heterocycles. The van der Waals surface area contributed by atoms with E-state index in [4.69, 9.17) is 5.73 Å². The smallest absolute Gasteiger partial charge is 0.223 e. The second-order valence-corrected chi connectivity index (χ2v) is 6.30. The molecular weight excluding hydrogens is 284 g/mol. The lowest BCUT2D eigenvalue weighted by molar-refractivity contribution is -0.130. The minimum absolute atomic E-state index is 0. The largest absolute Gasteiger partial charge is 0.342 e. The maximum Gasteiger partial charge on any atom is 0.223 e. The van der Waals surface area contributed by atoms with Gasteiger partial charge < -0.3 is 10.6 Å². The van der Waals surface area contributed by atoms with Crippen molar-refractivity contribution in [2.75, 3.05) is 19.6 Å². The van der Waals surface area contributed by atoms with E-state index in [0.717, 1.165) is 25.9 Å². The van der Waals surface area contributed by atoms with Gasteiger partial charge in [-0.25, -0.2) is 0 Å². The van der Waals surface area contributed by atoms with Crippen molar-refractivity contribution in [1.29, 1.82) is 0 Å². The number of benzene rings is 1. The zero-order valence-electron chi connectivity index (χ0n) is 13.0. The summed E-state index contributed by atoms with van der Waals surface area (Å²) in [4.78, 5) is 14.5. The Morgan fingerprint density at radius 1 is 1.38 bits per heavy atom. The Bertz CT molecular complexity index is 451. The van der Waals surface area contributed by atoms with Crippen molar-refractivity contribution < 1.29 is 4.79 Å². The highest BCUT2D eigenvalue weighted by molar-refractivity contribution is 5.85. The molecule has 0 aliphatic carbocycles. The second kappa shape index (κ2) is 7.81. The summed E-state index contributed by atoms with van der Waals surface area (Å²) in [5.74, 6) is 0.603. The average molecular weight is 311 g/mol. The van der Waals surface area contributed by atoms with Gasteiger partial charge in [-0.1, -0.05) is 44.2 Å². The Balaban J connectivity index is 0.00000220. The summed E-state index contributed by atoms with van der Waals surface area (Å²) in [7, 11) is 0. The highest BCUT2D eigenvalue weighted by atomic mass is 35.5. The summed E-state index contributed by atoms with van der Waals surface area (Å²) in [5, 5.41) is 0. The molecule has 118 valence electrons. The first kappa shape index (κ1) is 18.0. The summed E-state index contributed by atoms with van der Waals surface area (Å²) in [6.07, 6.45) is 2.64. The predicted molar refractivity (Wildman–Crippen MR) is 89.7 cm³/mol. The first-order chi connectivity index (χ1) is 9.58. The normalized spacial score (nSPS) is 22.7. The number of carbonyl (C=O) groups is 1. The van der Waals surface area contributed by atoms with Crippen LogP contribution in [0.25, 0.3) is 0 Å². The van der Waals surface area contributed by atoms with Crippen molar-refractivity contribution in [3.05, 3.63) is 35.9 Å². The number of hydrogen-bond donors (Lipinski definition) is 1. The van der Waals surface area contributed by atoms with Gasteiger partial charge in [-0.3, -0.25) is 4.79 Å². The van der Waals surface area contributed by atoms with Gasteiger partial charge in [0.2, 0.25) is 5.91 Å². The van der Waals surface area contributed by atoms with Crippen LogP contribution >= 0.6 is 12.4 Å². The molecule has 1 amide bonds. The lowest BCUT2D eigenvalue weighted by Crippen LogP contribution is -2.35. The third-order valence-corrected chi connectivity index (χ3v) is 4.59. The van der Waals surface area contributed by atoms with Crippen LogP contribution in [0.5, 0.6) is 0 Å². The number of carbonyl (C=O) groups excluding carboxylic acids is 1. The van der Waals surface area contributed by atoms with E-state index < -0.39 is 0 Å². The third-order valence-electron chi connectivity index (χ3n) is 4.59. The van der Waals surface area contributed by atoms with Gasteiger partial charge in [0, 0.05) is 19.5 Å². The molecule has 1 fully saturated rings. The lowest BCUT2D eigenvalue weighted by atomic mass is 9.90. The van der Waals surface area contributed by atoms with Gasteiger partial charge in [0.25, 0.3) is 0 Å². The molecule has 1 aromatic carbocycles. The zero-order chi connectivity index (χ0) is 14.6. The monoisotopic (exact) mass is 310 g/mol. The maximum absolute atomic E-state index is 12.5. The number of rotatable bonds is 5. The van der Waals surface area contributed by atoms with Crippen molar-refractivity contribution in [2.45, 2.75) is 39.0 Å². The van der Waals surface area contributed by atoms with Crippen molar-refractivity contribution in [3.8, 4) is 0 Å². The number of amides is 1. The lowest BCUT2D eigenvalue weighted by Gasteiger charge is -2.24. The summed E-state index contributed by atoms with van der Waals surface area (Å²) in [5.41, 5.74) is 7.19. The van der Waals surface area contributed by atoms with Gasteiger partial charge in [0.15, 0.2) is 0 Å². The SMILES string of the molecule is CCC(CC(=O)N1CCC(C)(CN)C1)c1ccccc1.Cl. The molecule has 2 rings (SSSR count). The second-order valence-electron chi connectivity index (χ2n) is 6.30. The van der Waals surface area contributed by atoms with Gasteiger partial charge in [-0.2, -0.15) is 0 Å². The Labute approximate surface area is 134 Å². The Morgan fingerprint density at radius 3 is 2.57 bits per heavy atom. The summed E-state index contributed by atoms with van der Waals surface area (Å²) < 4.78 is 0. The molecular formula is C17H27ClN2O. The van der Waals surface area contributed by atoms with Crippen molar-refractivity contribution in [1.82, 2.24) is 4.90 Å². The molecule has 2 N–H and O–H groups in total. The van der Waals surface area contributed by atoms with Crippen LogP contribution < -0.4 is 5.73 Å². The topological polar surface area (TPSA) is 46.3 Å². The van der Waals surface area contributed by atoms with E-state index in [9.17, 15) is 4.79 Å². The van der Waals surface area contributed by atoms with E-state index >= 15 is 0 Å². The molecule has 1 aliphatic rings.